The molecule has 0 amide bonds. The summed E-state index contributed by atoms with van der Waals surface area (Å²) >= 11 is 0. The SMILES string of the molecule is Cc1ccc(-n2nnc(-c3nc(-c4ccccc4)no3)c2C)cc1C. The van der Waals surface area contributed by atoms with Gasteiger partial charge in [0.25, 0.3) is 5.89 Å². The van der Waals surface area contributed by atoms with Crippen molar-refractivity contribution in [2.75, 3.05) is 0 Å². The first-order valence-corrected chi connectivity index (χ1v) is 8.03. The van der Waals surface area contributed by atoms with Crippen molar-refractivity contribution in [3.8, 4) is 28.7 Å². The number of benzene rings is 2. The molecule has 6 heteroatoms. The lowest BCUT2D eigenvalue weighted by atomic mass is 10.1. The number of rotatable bonds is 3. The summed E-state index contributed by atoms with van der Waals surface area (Å²) in [7, 11) is 0. The van der Waals surface area contributed by atoms with Crippen molar-refractivity contribution in [3.63, 3.8) is 0 Å². The van der Waals surface area contributed by atoms with Crippen LogP contribution in [0.3, 0.4) is 0 Å². The standard InChI is InChI=1S/C19H17N5O/c1-12-9-10-16(11-13(12)2)24-14(3)17(21-23-24)19-20-18(22-25-19)15-7-5-4-6-8-15/h4-11H,1-3H3. The van der Waals surface area contributed by atoms with Gasteiger partial charge < -0.3 is 4.52 Å². The third-order valence-electron chi connectivity index (χ3n) is 4.29. The van der Waals surface area contributed by atoms with Gasteiger partial charge in [0, 0.05) is 5.56 Å². The molecule has 25 heavy (non-hydrogen) atoms. The first kappa shape index (κ1) is 15.3. The van der Waals surface area contributed by atoms with Gasteiger partial charge >= 0.3 is 0 Å². The molecule has 0 aliphatic rings. The number of aromatic nitrogens is 5. The molecule has 0 aliphatic heterocycles. The third kappa shape index (κ3) is 2.71. The molecule has 0 spiro atoms. The fourth-order valence-electron chi connectivity index (χ4n) is 2.65. The lowest BCUT2D eigenvalue weighted by Gasteiger charge is -2.06. The maximum absolute atomic E-state index is 5.40. The Morgan fingerprint density at radius 3 is 2.48 bits per heavy atom. The Morgan fingerprint density at radius 2 is 1.72 bits per heavy atom. The summed E-state index contributed by atoms with van der Waals surface area (Å²) in [6, 6.07) is 15.9. The van der Waals surface area contributed by atoms with Crippen LogP contribution in [0.15, 0.2) is 53.1 Å². The highest BCUT2D eigenvalue weighted by molar-refractivity contribution is 5.59. The number of hydrogen-bond donors (Lipinski definition) is 0. The van der Waals surface area contributed by atoms with Crippen molar-refractivity contribution < 1.29 is 4.52 Å². The topological polar surface area (TPSA) is 69.6 Å². The molecular formula is C19H17N5O. The molecule has 0 fully saturated rings. The lowest BCUT2D eigenvalue weighted by molar-refractivity contribution is 0.430. The van der Waals surface area contributed by atoms with Crippen LogP contribution in [-0.2, 0) is 0 Å². The molecule has 4 rings (SSSR count). The summed E-state index contributed by atoms with van der Waals surface area (Å²) < 4.78 is 7.19. The van der Waals surface area contributed by atoms with E-state index in [9.17, 15) is 0 Å². The molecule has 2 heterocycles. The number of aryl methyl sites for hydroxylation is 2. The van der Waals surface area contributed by atoms with E-state index < -0.39 is 0 Å². The van der Waals surface area contributed by atoms with Crippen molar-refractivity contribution >= 4 is 0 Å². The monoisotopic (exact) mass is 331 g/mol. The van der Waals surface area contributed by atoms with Crippen molar-refractivity contribution in [1.82, 2.24) is 25.1 Å². The second kappa shape index (κ2) is 5.98. The zero-order chi connectivity index (χ0) is 17.4. The van der Waals surface area contributed by atoms with E-state index >= 15 is 0 Å². The Balaban J connectivity index is 1.72. The van der Waals surface area contributed by atoms with Gasteiger partial charge in [-0.05, 0) is 44.0 Å². The van der Waals surface area contributed by atoms with Gasteiger partial charge in [0.2, 0.25) is 5.82 Å². The maximum atomic E-state index is 5.40. The van der Waals surface area contributed by atoms with Crippen LogP contribution in [0.2, 0.25) is 0 Å². The average Bonchev–Trinajstić information content (AvgIpc) is 3.25. The Bertz CT molecular complexity index is 1030. The van der Waals surface area contributed by atoms with E-state index in [4.69, 9.17) is 4.52 Å². The van der Waals surface area contributed by atoms with E-state index in [0.29, 0.717) is 17.4 Å². The van der Waals surface area contributed by atoms with Gasteiger partial charge in [0.1, 0.15) is 0 Å². The highest BCUT2D eigenvalue weighted by atomic mass is 16.5. The Hall–Kier alpha value is -3.28. The van der Waals surface area contributed by atoms with Crippen molar-refractivity contribution in [3.05, 3.63) is 65.4 Å². The van der Waals surface area contributed by atoms with E-state index in [1.54, 1.807) is 4.68 Å². The maximum Gasteiger partial charge on any atom is 0.280 e. The predicted molar refractivity (Wildman–Crippen MR) is 94.3 cm³/mol. The van der Waals surface area contributed by atoms with E-state index in [1.807, 2.05) is 43.3 Å². The predicted octanol–water partition coefficient (Wildman–Crippen LogP) is 3.91. The van der Waals surface area contributed by atoms with Gasteiger partial charge in [-0.3, -0.25) is 0 Å². The van der Waals surface area contributed by atoms with Gasteiger partial charge in [0.15, 0.2) is 5.69 Å². The molecule has 0 bridgehead atoms. The minimum Gasteiger partial charge on any atom is -0.332 e. The second-order valence-electron chi connectivity index (χ2n) is 5.99. The summed E-state index contributed by atoms with van der Waals surface area (Å²) in [5.74, 6) is 0.905. The van der Waals surface area contributed by atoms with Gasteiger partial charge in [-0.2, -0.15) is 4.98 Å². The molecule has 2 aromatic heterocycles. The fraction of sp³-hybridized carbons (Fsp3) is 0.158. The zero-order valence-corrected chi connectivity index (χ0v) is 14.3. The molecule has 6 nitrogen and oxygen atoms in total. The quantitative estimate of drug-likeness (QED) is 0.569. The Kier molecular flexibility index (Phi) is 3.65. The minimum absolute atomic E-state index is 0.367. The van der Waals surface area contributed by atoms with Crippen LogP contribution in [0.5, 0.6) is 0 Å². The van der Waals surface area contributed by atoms with E-state index in [0.717, 1.165) is 16.9 Å². The van der Waals surface area contributed by atoms with E-state index in [1.165, 1.54) is 11.1 Å². The molecule has 4 aromatic rings. The Morgan fingerprint density at radius 1 is 0.920 bits per heavy atom. The first-order valence-electron chi connectivity index (χ1n) is 8.03. The van der Waals surface area contributed by atoms with E-state index in [2.05, 4.69) is 46.4 Å². The summed E-state index contributed by atoms with van der Waals surface area (Å²) in [4.78, 5) is 4.46. The van der Waals surface area contributed by atoms with E-state index in [-0.39, 0.29) is 0 Å². The molecule has 0 saturated heterocycles. The Labute approximate surface area is 145 Å². The van der Waals surface area contributed by atoms with Crippen LogP contribution in [0, 0.1) is 20.8 Å². The van der Waals surface area contributed by atoms with Crippen molar-refractivity contribution in [1.29, 1.82) is 0 Å². The summed E-state index contributed by atoms with van der Waals surface area (Å²) in [5.41, 5.74) is 5.75. The molecule has 0 atom stereocenters. The van der Waals surface area contributed by atoms with Crippen LogP contribution in [0.25, 0.3) is 28.7 Å². The van der Waals surface area contributed by atoms with Crippen molar-refractivity contribution in [2.24, 2.45) is 0 Å². The molecule has 0 aliphatic carbocycles. The largest absolute Gasteiger partial charge is 0.332 e. The third-order valence-corrected chi connectivity index (χ3v) is 4.29. The summed E-state index contributed by atoms with van der Waals surface area (Å²) in [5, 5.41) is 12.5. The molecule has 0 unspecified atom stereocenters. The lowest BCUT2D eigenvalue weighted by Crippen LogP contribution is -2.00. The highest BCUT2D eigenvalue weighted by Crippen LogP contribution is 2.24. The minimum atomic E-state index is 0.367. The average molecular weight is 331 g/mol. The van der Waals surface area contributed by atoms with Gasteiger partial charge in [0.05, 0.1) is 11.4 Å². The van der Waals surface area contributed by atoms with Crippen LogP contribution >= 0.6 is 0 Å². The van der Waals surface area contributed by atoms with Crippen LogP contribution in [0.1, 0.15) is 16.8 Å². The van der Waals surface area contributed by atoms with Gasteiger partial charge in [-0.1, -0.05) is 46.8 Å². The molecule has 0 saturated carbocycles. The zero-order valence-electron chi connectivity index (χ0n) is 14.3. The smallest absolute Gasteiger partial charge is 0.280 e. The molecule has 0 N–H and O–H groups in total. The first-order chi connectivity index (χ1) is 12.1. The summed E-state index contributed by atoms with van der Waals surface area (Å²) in [6.45, 7) is 6.11. The highest BCUT2D eigenvalue weighted by Gasteiger charge is 2.19. The summed E-state index contributed by atoms with van der Waals surface area (Å²) in [6.07, 6.45) is 0. The second-order valence-corrected chi connectivity index (χ2v) is 5.99. The van der Waals surface area contributed by atoms with Gasteiger partial charge in [-0.15, -0.1) is 5.10 Å². The molecule has 0 radical (unpaired) electrons. The van der Waals surface area contributed by atoms with Gasteiger partial charge in [-0.25, -0.2) is 4.68 Å². The van der Waals surface area contributed by atoms with Crippen molar-refractivity contribution in [2.45, 2.75) is 20.8 Å². The molecule has 124 valence electrons. The van der Waals surface area contributed by atoms with Crippen LogP contribution in [0.4, 0.5) is 0 Å². The molecule has 2 aromatic carbocycles. The fourth-order valence-corrected chi connectivity index (χ4v) is 2.65. The van der Waals surface area contributed by atoms with Crippen LogP contribution < -0.4 is 0 Å². The molecular weight excluding hydrogens is 314 g/mol. The normalized spacial score (nSPS) is 11.0. The van der Waals surface area contributed by atoms with Crippen LogP contribution in [-0.4, -0.2) is 25.1 Å². The number of nitrogens with zero attached hydrogens (tertiary/aromatic N) is 5. The number of hydrogen-bond acceptors (Lipinski definition) is 5.